The standard InChI is InChI=1S/C14H25ClO/c1-12(7-9-15)8-10-16-11-14-6-4-3-5-13(14)2/h3-4,12-14H,5-11H2,1-2H3. The highest BCUT2D eigenvalue weighted by atomic mass is 35.5. The normalized spacial score (nSPS) is 26.9. The molecule has 3 unspecified atom stereocenters. The molecule has 0 aromatic carbocycles. The van der Waals surface area contributed by atoms with Crippen LogP contribution < -0.4 is 0 Å². The van der Waals surface area contributed by atoms with Gasteiger partial charge in [0.2, 0.25) is 0 Å². The van der Waals surface area contributed by atoms with Gasteiger partial charge in [-0.3, -0.25) is 0 Å². The van der Waals surface area contributed by atoms with Gasteiger partial charge in [-0.15, -0.1) is 11.6 Å². The molecule has 0 saturated heterocycles. The first kappa shape index (κ1) is 14.1. The molecule has 94 valence electrons. The van der Waals surface area contributed by atoms with Crippen molar-refractivity contribution in [1.82, 2.24) is 0 Å². The number of alkyl halides is 1. The van der Waals surface area contributed by atoms with Crippen LogP contribution in [0.2, 0.25) is 0 Å². The molecular weight excluding hydrogens is 220 g/mol. The SMILES string of the molecule is CC(CCCl)CCOCC1CC=CCC1C. The van der Waals surface area contributed by atoms with Crippen LogP contribution in [0.1, 0.15) is 39.5 Å². The molecule has 0 saturated carbocycles. The topological polar surface area (TPSA) is 9.23 Å². The predicted molar refractivity (Wildman–Crippen MR) is 71.0 cm³/mol. The Morgan fingerprint density at radius 1 is 1.31 bits per heavy atom. The smallest absolute Gasteiger partial charge is 0.0499 e. The predicted octanol–water partition coefficient (Wildman–Crippen LogP) is 4.26. The Morgan fingerprint density at radius 2 is 2.06 bits per heavy atom. The summed E-state index contributed by atoms with van der Waals surface area (Å²) >= 11 is 5.70. The van der Waals surface area contributed by atoms with Gasteiger partial charge in [0.1, 0.15) is 0 Å². The summed E-state index contributed by atoms with van der Waals surface area (Å²) in [5.41, 5.74) is 0. The van der Waals surface area contributed by atoms with Gasteiger partial charge in [-0.25, -0.2) is 0 Å². The van der Waals surface area contributed by atoms with Gasteiger partial charge >= 0.3 is 0 Å². The lowest BCUT2D eigenvalue weighted by molar-refractivity contribution is 0.0712. The van der Waals surface area contributed by atoms with Crippen molar-refractivity contribution >= 4 is 11.6 Å². The monoisotopic (exact) mass is 244 g/mol. The molecule has 0 amide bonds. The second-order valence-electron chi connectivity index (χ2n) is 5.13. The van der Waals surface area contributed by atoms with Gasteiger partial charge in [0, 0.05) is 19.1 Å². The minimum atomic E-state index is 0.696. The number of hydrogen-bond donors (Lipinski definition) is 0. The number of ether oxygens (including phenoxy) is 1. The van der Waals surface area contributed by atoms with E-state index in [-0.39, 0.29) is 0 Å². The molecule has 0 bridgehead atoms. The Labute approximate surface area is 105 Å². The average Bonchev–Trinajstić information content (AvgIpc) is 2.27. The zero-order valence-electron chi connectivity index (χ0n) is 10.6. The van der Waals surface area contributed by atoms with Crippen LogP contribution in [-0.4, -0.2) is 19.1 Å². The number of allylic oxidation sites excluding steroid dienone is 2. The van der Waals surface area contributed by atoms with Gasteiger partial charge in [0.25, 0.3) is 0 Å². The maximum absolute atomic E-state index is 5.78. The van der Waals surface area contributed by atoms with E-state index in [0.717, 1.165) is 43.8 Å². The summed E-state index contributed by atoms with van der Waals surface area (Å²) < 4.78 is 5.78. The summed E-state index contributed by atoms with van der Waals surface area (Å²) in [6.07, 6.45) is 9.25. The summed E-state index contributed by atoms with van der Waals surface area (Å²) in [5, 5.41) is 0. The Balaban J connectivity index is 2.04. The minimum Gasteiger partial charge on any atom is -0.381 e. The lowest BCUT2D eigenvalue weighted by atomic mass is 9.85. The molecule has 0 aliphatic heterocycles. The Hall–Kier alpha value is -0.0100. The molecule has 3 atom stereocenters. The van der Waals surface area contributed by atoms with Crippen LogP contribution in [0.3, 0.4) is 0 Å². The maximum atomic E-state index is 5.78. The Morgan fingerprint density at radius 3 is 2.75 bits per heavy atom. The third-order valence-corrected chi connectivity index (χ3v) is 3.83. The van der Waals surface area contributed by atoms with Crippen molar-refractivity contribution in [3.8, 4) is 0 Å². The fraction of sp³-hybridized carbons (Fsp3) is 0.857. The molecule has 2 heteroatoms. The van der Waals surface area contributed by atoms with Gasteiger partial charge in [0.05, 0.1) is 0 Å². The van der Waals surface area contributed by atoms with Crippen molar-refractivity contribution in [3.05, 3.63) is 12.2 Å². The quantitative estimate of drug-likeness (QED) is 0.369. The van der Waals surface area contributed by atoms with Gasteiger partial charge in [-0.05, 0) is 43.4 Å². The first-order chi connectivity index (χ1) is 7.74. The van der Waals surface area contributed by atoms with Crippen molar-refractivity contribution < 1.29 is 4.74 Å². The van der Waals surface area contributed by atoms with E-state index in [4.69, 9.17) is 16.3 Å². The molecule has 0 spiro atoms. The van der Waals surface area contributed by atoms with Crippen molar-refractivity contribution in [2.45, 2.75) is 39.5 Å². The molecule has 0 radical (unpaired) electrons. The molecule has 0 fully saturated rings. The second kappa shape index (κ2) is 8.14. The van der Waals surface area contributed by atoms with E-state index in [2.05, 4.69) is 26.0 Å². The summed E-state index contributed by atoms with van der Waals surface area (Å²) in [4.78, 5) is 0. The molecule has 1 aliphatic rings. The van der Waals surface area contributed by atoms with E-state index in [1.165, 1.54) is 12.8 Å². The largest absolute Gasteiger partial charge is 0.381 e. The first-order valence-electron chi connectivity index (χ1n) is 6.52. The lowest BCUT2D eigenvalue weighted by Crippen LogP contribution is -2.20. The second-order valence-corrected chi connectivity index (χ2v) is 5.50. The molecule has 1 nitrogen and oxygen atoms in total. The molecule has 0 aromatic rings. The Kier molecular flexibility index (Phi) is 7.15. The van der Waals surface area contributed by atoms with E-state index < -0.39 is 0 Å². The fourth-order valence-corrected chi connectivity index (χ4v) is 2.46. The summed E-state index contributed by atoms with van der Waals surface area (Å²) in [6, 6.07) is 0. The van der Waals surface area contributed by atoms with Crippen LogP contribution in [0.5, 0.6) is 0 Å². The van der Waals surface area contributed by atoms with Crippen molar-refractivity contribution in [3.63, 3.8) is 0 Å². The molecule has 0 aromatic heterocycles. The van der Waals surface area contributed by atoms with Crippen molar-refractivity contribution in [2.24, 2.45) is 17.8 Å². The average molecular weight is 245 g/mol. The van der Waals surface area contributed by atoms with Gasteiger partial charge in [0.15, 0.2) is 0 Å². The van der Waals surface area contributed by atoms with Crippen LogP contribution in [0, 0.1) is 17.8 Å². The van der Waals surface area contributed by atoms with E-state index in [1.807, 2.05) is 0 Å². The highest BCUT2D eigenvalue weighted by molar-refractivity contribution is 6.17. The third-order valence-electron chi connectivity index (χ3n) is 3.61. The van der Waals surface area contributed by atoms with Crippen LogP contribution in [0.25, 0.3) is 0 Å². The highest BCUT2D eigenvalue weighted by Crippen LogP contribution is 2.25. The van der Waals surface area contributed by atoms with Crippen LogP contribution in [-0.2, 0) is 4.74 Å². The van der Waals surface area contributed by atoms with E-state index >= 15 is 0 Å². The summed E-state index contributed by atoms with van der Waals surface area (Å²) in [6.45, 7) is 6.40. The summed E-state index contributed by atoms with van der Waals surface area (Å²) in [5.74, 6) is 2.98. The molecule has 1 rings (SSSR count). The molecule has 0 N–H and O–H groups in total. The van der Waals surface area contributed by atoms with Crippen molar-refractivity contribution in [2.75, 3.05) is 19.1 Å². The van der Waals surface area contributed by atoms with E-state index in [9.17, 15) is 0 Å². The lowest BCUT2D eigenvalue weighted by Gasteiger charge is -2.25. The highest BCUT2D eigenvalue weighted by Gasteiger charge is 2.18. The van der Waals surface area contributed by atoms with Gasteiger partial charge in [-0.2, -0.15) is 0 Å². The molecule has 1 aliphatic carbocycles. The maximum Gasteiger partial charge on any atom is 0.0499 e. The minimum absolute atomic E-state index is 0.696. The number of rotatable bonds is 7. The van der Waals surface area contributed by atoms with E-state index in [0.29, 0.717) is 5.92 Å². The van der Waals surface area contributed by atoms with Crippen LogP contribution in [0.4, 0.5) is 0 Å². The Bertz CT molecular complexity index is 203. The zero-order chi connectivity index (χ0) is 11.8. The number of hydrogen-bond acceptors (Lipinski definition) is 1. The summed E-state index contributed by atoms with van der Waals surface area (Å²) in [7, 11) is 0. The van der Waals surface area contributed by atoms with Crippen molar-refractivity contribution in [1.29, 1.82) is 0 Å². The number of halogens is 1. The third kappa shape index (κ3) is 5.36. The van der Waals surface area contributed by atoms with Crippen LogP contribution in [0.15, 0.2) is 12.2 Å². The fourth-order valence-electron chi connectivity index (χ4n) is 2.09. The van der Waals surface area contributed by atoms with Crippen LogP contribution >= 0.6 is 11.6 Å². The molecule has 16 heavy (non-hydrogen) atoms. The van der Waals surface area contributed by atoms with Gasteiger partial charge in [-0.1, -0.05) is 26.0 Å². The molecular formula is C14H25ClO. The molecule has 0 heterocycles. The van der Waals surface area contributed by atoms with E-state index in [1.54, 1.807) is 0 Å². The van der Waals surface area contributed by atoms with Gasteiger partial charge < -0.3 is 4.74 Å². The zero-order valence-corrected chi connectivity index (χ0v) is 11.4. The first-order valence-corrected chi connectivity index (χ1v) is 7.06.